The molecule has 6 heteroatoms. The minimum Gasteiger partial charge on any atom is -0.382 e. The number of anilines is 1. The van der Waals surface area contributed by atoms with Crippen LogP contribution in [0.25, 0.3) is 5.78 Å². The van der Waals surface area contributed by atoms with Crippen molar-refractivity contribution in [1.82, 2.24) is 19.3 Å². The third-order valence-corrected chi connectivity index (χ3v) is 2.25. The van der Waals surface area contributed by atoms with Gasteiger partial charge in [-0.25, -0.2) is 4.98 Å². The molecule has 0 unspecified atom stereocenters. The van der Waals surface area contributed by atoms with E-state index in [0.29, 0.717) is 11.6 Å². The maximum atomic E-state index is 5.78. The van der Waals surface area contributed by atoms with Crippen LogP contribution >= 0.6 is 0 Å². The third-order valence-electron chi connectivity index (χ3n) is 2.25. The maximum absolute atomic E-state index is 5.78. The van der Waals surface area contributed by atoms with Gasteiger partial charge in [-0.05, 0) is 13.8 Å². The van der Waals surface area contributed by atoms with Gasteiger partial charge in [-0.1, -0.05) is 0 Å². The summed E-state index contributed by atoms with van der Waals surface area (Å²) in [4.78, 5) is 10.1. The van der Waals surface area contributed by atoms with Crippen molar-refractivity contribution in [2.45, 2.75) is 13.8 Å². The molecule has 0 atom stereocenters. The first-order valence-electron chi connectivity index (χ1n) is 4.69. The molecule has 0 aliphatic rings. The van der Waals surface area contributed by atoms with Gasteiger partial charge in [-0.15, -0.1) is 0 Å². The number of rotatable bonds is 3. The molecule has 0 saturated carbocycles. The van der Waals surface area contributed by atoms with Gasteiger partial charge in [-0.2, -0.15) is 14.3 Å². The first-order valence-corrected chi connectivity index (χ1v) is 4.69. The Balaban J connectivity index is 2.55. The van der Waals surface area contributed by atoms with Crippen molar-refractivity contribution in [1.29, 1.82) is 0 Å². The van der Waals surface area contributed by atoms with Crippen LogP contribution in [0.3, 0.4) is 0 Å². The van der Waals surface area contributed by atoms with Gasteiger partial charge in [0.1, 0.15) is 12.1 Å². The van der Waals surface area contributed by atoms with Crippen LogP contribution in [0.1, 0.15) is 13.8 Å². The Bertz CT molecular complexity index is 424. The molecule has 76 valence electrons. The van der Waals surface area contributed by atoms with Crippen LogP contribution in [-0.4, -0.2) is 32.4 Å². The molecule has 0 aliphatic heterocycles. The summed E-state index contributed by atoms with van der Waals surface area (Å²) >= 11 is 0. The van der Waals surface area contributed by atoms with E-state index in [1.165, 1.54) is 0 Å². The fourth-order valence-electron chi connectivity index (χ4n) is 1.51. The second kappa shape index (κ2) is 3.21. The van der Waals surface area contributed by atoms with Crippen LogP contribution in [-0.2, 0) is 0 Å². The summed E-state index contributed by atoms with van der Waals surface area (Å²) in [6.45, 7) is 5.98. The van der Waals surface area contributed by atoms with Gasteiger partial charge in [0, 0.05) is 13.1 Å². The highest BCUT2D eigenvalue weighted by Crippen LogP contribution is 2.06. The minimum atomic E-state index is 0.601. The molecule has 0 aromatic carbocycles. The van der Waals surface area contributed by atoms with Crippen molar-refractivity contribution >= 4 is 11.6 Å². The summed E-state index contributed by atoms with van der Waals surface area (Å²) < 4.78 is 1.78. The largest absolute Gasteiger partial charge is 0.382 e. The molecule has 2 rings (SSSR count). The monoisotopic (exact) mass is 194 g/mol. The Kier molecular flexibility index (Phi) is 2.03. The number of hydrogen-bond donors (Lipinski definition) is 1. The van der Waals surface area contributed by atoms with Crippen molar-refractivity contribution in [2.75, 3.05) is 23.8 Å². The molecule has 0 radical (unpaired) electrons. The quantitative estimate of drug-likeness (QED) is 0.752. The van der Waals surface area contributed by atoms with Crippen molar-refractivity contribution in [3.8, 4) is 0 Å². The zero-order valence-electron chi connectivity index (χ0n) is 8.38. The Morgan fingerprint density at radius 3 is 2.71 bits per heavy atom. The summed E-state index contributed by atoms with van der Waals surface area (Å²) in [6, 6.07) is 0. The average Bonchev–Trinajstić information content (AvgIpc) is 2.74. The number of fused-ring (bicyclic) bond motifs is 1. The summed E-state index contributed by atoms with van der Waals surface area (Å²) in [5, 5.41) is 2.11. The van der Waals surface area contributed by atoms with E-state index >= 15 is 0 Å². The van der Waals surface area contributed by atoms with Gasteiger partial charge in [0.25, 0.3) is 5.78 Å². The second-order valence-electron chi connectivity index (χ2n) is 3.00. The van der Waals surface area contributed by atoms with E-state index in [-0.39, 0.29) is 0 Å². The molecule has 0 saturated heterocycles. The van der Waals surface area contributed by atoms with Crippen LogP contribution in [0, 0.1) is 0 Å². The van der Waals surface area contributed by atoms with Crippen molar-refractivity contribution in [3.63, 3.8) is 0 Å². The van der Waals surface area contributed by atoms with E-state index in [2.05, 4.69) is 28.8 Å². The molecule has 2 aromatic rings. The second-order valence-corrected chi connectivity index (χ2v) is 3.00. The molecule has 0 bridgehead atoms. The van der Waals surface area contributed by atoms with E-state index < -0.39 is 0 Å². The number of nitrogen functional groups attached to an aromatic ring is 1. The van der Waals surface area contributed by atoms with E-state index in [0.717, 1.165) is 13.1 Å². The molecule has 2 heterocycles. The highest BCUT2D eigenvalue weighted by molar-refractivity contribution is 5.40. The third kappa shape index (κ3) is 1.11. The summed E-state index contributed by atoms with van der Waals surface area (Å²) in [7, 11) is 0. The van der Waals surface area contributed by atoms with Crippen LogP contribution in [0.5, 0.6) is 0 Å². The lowest BCUT2D eigenvalue weighted by Crippen LogP contribution is -2.36. The zero-order chi connectivity index (χ0) is 10.1. The Labute approximate surface area is 81.9 Å². The lowest BCUT2D eigenvalue weighted by atomic mass is 10.6. The van der Waals surface area contributed by atoms with Gasteiger partial charge in [0.2, 0.25) is 0 Å². The Hall–Kier alpha value is -1.72. The average molecular weight is 194 g/mol. The van der Waals surface area contributed by atoms with Crippen LogP contribution in [0.15, 0.2) is 12.5 Å². The zero-order valence-corrected chi connectivity index (χ0v) is 8.38. The molecular formula is C8H14N6. The summed E-state index contributed by atoms with van der Waals surface area (Å²) in [6.07, 6.45) is 3.34. The van der Waals surface area contributed by atoms with Crippen LogP contribution in [0.2, 0.25) is 0 Å². The number of imidazole rings is 1. The number of nitrogens with two attached hydrogens (primary N) is 1. The topological polar surface area (TPSA) is 64.4 Å². The highest BCUT2D eigenvalue weighted by atomic mass is 15.7. The Morgan fingerprint density at radius 2 is 2.07 bits per heavy atom. The maximum Gasteiger partial charge on any atom is 0.254 e. The van der Waals surface area contributed by atoms with Gasteiger partial charge in [0.15, 0.2) is 0 Å². The van der Waals surface area contributed by atoms with Gasteiger partial charge < -0.3 is 5.73 Å². The van der Waals surface area contributed by atoms with E-state index in [4.69, 9.17) is 5.73 Å². The fourth-order valence-corrected chi connectivity index (χ4v) is 1.51. The lowest BCUT2D eigenvalue weighted by molar-refractivity contribution is 0.532. The minimum absolute atomic E-state index is 0.601. The molecule has 14 heavy (non-hydrogen) atoms. The van der Waals surface area contributed by atoms with E-state index in [1.54, 1.807) is 17.0 Å². The molecule has 6 nitrogen and oxygen atoms in total. The van der Waals surface area contributed by atoms with Gasteiger partial charge in [0.05, 0.1) is 6.20 Å². The van der Waals surface area contributed by atoms with Crippen molar-refractivity contribution < 1.29 is 0 Å². The molecular weight excluding hydrogens is 180 g/mol. The standard InChI is InChI=1S/C8H14N6/c1-3-12(4-2)13-6-11-8-10-5-7(9)14(8)13/h5-6H,3-4,9H2,1-2H3. The van der Waals surface area contributed by atoms with Gasteiger partial charge >= 0.3 is 0 Å². The number of nitrogens with zero attached hydrogens (tertiary/aromatic N) is 5. The van der Waals surface area contributed by atoms with Crippen molar-refractivity contribution in [3.05, 3.63) is 12.5 Å². The highest BCUT2D eigenvalue weighted by Gasteiger charge is 2.09. The molecule has 0 amide bonds. The van der Waals surface area contributed by atoms with Gasteiger partial charge in [-0.3, -0.25) is 5.01 Å². The first kappa shape index (κ1) is 8.86. The Morgan fingerprint density at radius 1 is 1.36 bits per heavy atom. The molecule has 2 N–H and O–H groups in total. The molecule has 0 aliphatic carbocycles. The predicted octanol–water partition coefficient (Wildman–Crippen LogP) is 0.0908. The summed E-state index contributed by atoms with van der Waals surface area (Å²) in [5.74, 6) is 1.24. The predicted molar refractivity (Wildman–Crippen MR) is 54.7 cm³/mol. The van der Waals surface area contributed by atoms with Crippen LogP contribution in [0.4, 0.5) is 5.82 Å². The van der Waals surface area contributed by atoms with Crippen molar-refractivity contribution in [2.24, 2.45) is 0 Å². The number of aromatic nitrogens is 4. The fraction of sp³-hybridized carbons (Fsp3) is 0.500. The first-order chi connectivity index (χ1) is 6.77. The van der Waals surface area contributed by atoms with Crippen LogP contribution < -0.4 is 10.7 Å². The van der Waals surface area contributed by atoms with E-state index in [1.807, 2.05) is 4.79 Å². The molecule has 0 fully saturated rings. The summed E-state index contributed by atoms with van der Waals surface area (Å²) in [5.41, 5.74) is 5.78. The SMILES string of the molecule is CCN(CC)n1cnc2ncc(N)n21. The molecule has 0 spiro atoms. The number of hydrogen-bond acceptors (Lipinski definition) is 4. The molecule has 2 aromatic heterocycles. The van der Waals surface area contributed by atoms with E-state index in [9.17, 15) is 0 Å². The lowest BCUT2D eigenvalue weighted by Gasteiger charge is -2.22. The smallest absolute Gasteiger partial charge is 0.254 e. The normalized spacial score (nSPS) is 11.0.